The fraction of sp³-hybridized carbons (Fsp3) is 0.478. The standard InChI is InChI=1S/C23H25N3O2/c1-14-7-22(15(2)26(14)17-5-3-16(12-24)4-6-17)23(27)13-25-18-8-20-10-19(25)11-21(9-18)28-20/h3-7,18-21H,8-11,13H2,1-2H3/t18?,19?,20-,21-. The van der Waals surface area contributed by atoms with Gasteiger partial charge < -0.3 is 9.30 Å². The summed E-state index contributed by atoms with van der Waals surface area (Å²) in [5, 5.41) is 9.01. The predicted molar refractivity (Wildman–Crippen MR) is 106 cm³/mol. The molecule has 4 bridgehead atoms. The Balaban J connectivity index is 1.39. The van der Waals surface area contributed by atoms with Crippen LogP contribution in [-0.4, -0.2) is 46.1 Å². The zero-order valence-corrected chi connectivity index (χ0v) is 16.4. The molecule has 144 valence electrons. The minimum absolute atomic E-state index is 0.210. The Hall–Kier alpha value is -2.42. The molecule has 5 nitrogen and oxygen atoms in total. The summed E-state index contributed by atoms with van der Waals surface area (Å²) in [5.41, 5.74) is 4.45. The van der Waals surface area contributed by atoms with Crippen LogP contribution in [0.3, 0.4) is 0 Å². The van der Waals surface area contributed by atoms with E-state index in [-0.39, 0.29) is 5.78 Å². The normalized spacial score (nSPS) is 28.5. The first-order valence-electron chi connectivity index (χ1n) is 10.2. The van der Waals surface area contributed by atoms with E-state index in [0.29, 0.717) is 36.4 Å². The first kappa shape index (κ1) is 17.7. The molecule has 4 fully saturated rings. The van der Waals surface area contributed by atoms with Gasteiger partial charge in [-0.25, -0.2) is 0 Å². The highest BCUT2D eigenvalue weighted by molar-refractivity contribution is 5.99. The van der Waals surface area contributed by atoms with E-state index in [1.807, 2.05) is 44.2 Å². The molecule has 1 aromatic carbocycles. The average molecular weight is 375 g/mol. The molecule has 0 atom stereocenters. The van der Waals surface area contributed by atoms with Crippen LogP contribution in [0.25, 0.3) is 5.69 Å². The van der Waals surface area contributed by atoms with Gasteiger partial charge in [0.2, 0.25) is 0 Å². The van der Waals surface area contributed by atoms with E-state index < -0.39 is 0 Å². The molecule has 5 heterocycles. The van der Waals surface area contributed by atoms with Gasteiger partial charge in [-0.15, -0.1) is 0 Å². The second-order valence-corrected chi connectivity index (χ2v) is 8.50. The van der Waals surface area contributed by atoms with Crippen LogP contribution >= 0.6 is 0 Å². The third kappa shape index (κ3) is 2.80. The number of rotatable bonds is 4. The van der Waals surface area contributed by atoms with Crippen LogP contribution in [0, 0.1) is 25.2 Å². The quantitative estimate of drug-likeness (QED) is 0.767. The maximum Gasteiger partial charge on any atom is 0.178 e. The molecular weight excluding hydrogens is 350 g/mol. The number of nitriles is 1. The van der Waals surface area contributed by atoms with Crippen LogP contribution in [0.5, 0.6) is 0 Å². The molecule has 4 aliphatic rings. The van der Waals surface area contributed by atoms with Crippen molar-refractivity contribution in [2.75, 3.05) is 6.54 Å². The van der Waals surface area contributed by atoms with E-state index in [1.54, 1.807) is 0 Å². The van der Waals surface area contributed by atoms with Gasteiger partial charge in [0.05, 0.1) is 30.4 Å². The molecule has 0 radical (unpaired) electrons. The molecule has 6 rings (SSSR count). The van der Waals surface area contributed by atoms with Crippen LogP contribution in [0.2, 0.25) is 0 Å². The summed E-state index contributed by atoms with van der Waals surface area (Å²) in [6, 6.07) is 12.7. The Bertz CT molecular complexity index is 939. The minimum atomic E-state index is 0.210. The molecule has 0 unspecified atom stereocenters. The number of ether oxygens (including phenoxy) is 1. The zero-order chi connectivity index (χ0) is 19.4. The molecule has 0 spiro atoms. The van der Waals surface area contributed by atoms with Gasteiger partial charge in [0.25, 0.3) is 0 Å². The van der Waals surface area contributed by atoms with E-state index >= 15 is 0 Å². The highest BCUT2D eigenvalue weighted by Crippen LogP contribution is 2.42. The number of hydrogen-bond donors (Lipinski definition) is 0. The van der Waals surface area contributed by atoms with Gasteiger partial charge in [-0.2, -0.15) is 5.26 Å². The van der Waals surface area contributed by atoms with Crippen LogP contribution in [0.1, 0.15) is 53.0 Å². The molecule has 0 N–H and O–H groups in total. The van der Waals surface area contributed by atoms with Crippen LogP contribution in [0.15, 0.2) is 30.3 Å². The lowest BCUT2D eigenvalue weighted by atomic mass is 9.78. The van der Waals surface area contributed by atoms with Crippen molar-refractivity contribution in [2.24, 2.45) is 0 Å². The average Bonchev–Trinajstić information content (AvgIpc) is 2.98. The summed E-state index contributed by atoms with van der Waals surface area (Å²) in [4.78, 5) is 15.7. The summed E-state index contributed by atoms with van der Waals surface area (Å²) in [7, 11) is 0. The lowest BCUT2D eigenvalue weighted by Gasteiger charge is -2.56. The highest BCUT2D eigenvalue weighted by Gasteiger charge is 2.48. The smallest absolute Gasteiger partial charge is 0.178 e. The molecule has 5 heteroatoms. The number of aryl methyl sites for hydroxylation is 1. The second kappa shape index (κ2) is 6.58. The predicted octanol–water partition coefficient (Wildman–Crippen LogP) is 3.54. The van der Waals surface area contributed by atoms with Crippen molar-refractivity contribution in [3.05, 3.63) is 52.8 Å². The van der Waals surface area contributed by atoms with Gasteiger partial charge in [-0.3, -0.25) is 9.69 Å². The SMILES string of the molecule is Cc1cc(C(=O)CN2C3C[C@H]4CC2C[C@H](C3)O4)c(C)n1-c1ccc(C#N)cc1. The van der Waals surface area contributed by atoms with Gasteiger partial charge in [0.1, 0.15) is 0 Å². The molecule has 0 aliphatic carbocycles. The van der Waals surface area contributed by atoms with Crippen molar-refractivity contribution in [1.82, 2.24) is 9.47 Å². The zero-order valence-electron chi connectivity index (χ0n) is 16.4. The number of aromatic nitrogens is 1. The second-order valence-electron chi connectivity index (χ2n) is 8.50. The first-order valence-corrected chi connectivity index (χ1v) is 10.2. The summed E-state index contributed by atoms with van der Waals surface area (Å²) in [6.45, 7) is 4.55. The van der Waals surface area contributed by atoms with E-state index in [1.165, 1.54) is 0 Å². The van der Waals surface area contributed by atoms with Crippen LogP contribution < -0.4 is 0 Å². The van der Waals surface area contributed by atoms with Gasteiger partial charge in [0.15, 0.2) is 5.78 Å². The van der Waals surface area contributed by atoms with Gasteiger partial charge >= 0.3 is 0 Å². The molecule has 2 aromatic rings. The highest BCUT2D eigenvalue weighted by atomic mass is 16.5. The van der Waals surface area contributed by atoms with E-state index in [9.17, 15) is 4.79 Å². The third-order valence-corrected chi connectivity index (χ3v) is 6.78. The van der Waals surface area contributed by atoms with Crippen molar-refractivity contribution in [3.63, 3.8) is 0 Å². The van der Waals surface area contributed by atoms with E-state index in [4.69, 9.17) is 10.00 Å². The lowest BCUT2D eigenvalue weighted by Crippen LogP contribution is -2.63. The lowest BCUT2D eigenvalue weighted by molar-refractivity contribution is -0.179. The monoisotopic (exact) mass is 375 g/mol. The number of Topliss-reactive ketones (excluding diaryl/α,β-unsaturated/α-hetero) is 1. The Morgan fingerprint density at radius 3 is 2.29 bits per heavy atom. The molecule has 4 aliphatic heterocycles. The third-order valence-electron chi connectivity index (χ3n) is 6.78. The fourth-order valence-electron chi connectivity index (χ4n) is 5.57. The Labute approximate surface area is 165 Å². The maximum atomic E-state index is 13.2. The number of piperidine rings is 2. The number of benzene rings is 1. The summed E-state index contributed by atoms with van der Waals surface area (Å²) in [6.07, 6.45) is 5.12. The topological polar surface area (TPSA) is 58.3 Å². The van der Waals surface area contributed by atoms with Crippen LogP contribution in [-0.2, 0) is 4.74 Å². The molecule has 28 heavy (non-hydrogen) atoms. The van der Waals surface area contributed by atoms with Crippen molar-refractivity contribution in [1.29, 1.82) is 5.26 Å². The summed E-state index contributed by atoms with van der Waals surface area (Å²) < 4.78 is 8.14. The van der Waals surface area contributed by atoms with Crippen molar-refractivity contribution in [3.8, 4) is 11.8 Å². The van der Waals surface area contributed by atoms with Gasteiger partial charge in [0, 0.05) is 34.7 Å². The number of ketones is 1. The minimum Gasteiger partial charge on any atom is -0.375 e. The number of nitrogens with zero attached hydrogens (tertiary/aromatic N) is 3. The summed E-state index contributed by atoms with van der Waals surface area (Å²) in [5.74, 6) is 0.210. The molecular formula is C23H25N3O2. The number of carbonyl (C=O) groups is 1. The maximum absolute atomic E-state index is 13.2. The van der Waals surface area contributed by atoms with Gasteiger partial charge in [-0.05, 0) is 69.9 Å². The molecule has 0 amide bonds. The van der Waals surface area contributed by atoms with E-state index in [0.717, 1.165) is 48.3 Å². The molecule has 4 saturated heterocycles. The van der Waals surface area contributed by atoms with Crippen LogP contribution in [0.4, 0.5) is 0 Å². The number of carbonyl (C=O) groups excluding carboxylic acids is 1. The Morgan fingerprint density at radius 2 is 1.71 bits per heavy atom. The molecule has 1 aromatic heterocycles. The van der Waals surface area contributed by atoms with E-state index in [2.05, 4.69) is 15.5 Å². The van der Waals surface area contributed by atoms with Gasteiger partial charge in [-0.1, -0.05) is 0 Å². The fourth-order valence-corrected chi connectivity index (χ4v) is 5.57. The molecule has 0 saturated carbocycles. The van der Waals surface area contributed by atoms with Crippen molar-refractivity contribution < 1.29 is 9.53 Å². The van der Waals surface area contributed by atoms with Crippen molar-refractivity contribution in [2.45, 2.75) is 63.8 Å². The van der Waals surface area contributed by atoms with Crippen molar-refractivity contribution >= 4 is 5.78 Å². The number of hydrogen-bond acceptors (Lipinski definition) is 4. The largest absolute Gasteiger partial charge is 0.375 e. The Kier molecular flexibility index (Phi) is 4.15. The summed E-state index contributed by atoms with van der Waals surface area (Å²) >= 11 is 0. The first-order chi connectivity index (χ1) is 13.5. The Morgan fingerprint density at radius 1 is 1.11 bits per heavy atom.